The lowest BCUT2D eigenvalue weighted by Crippen LogP contribution is -2.37. The Hall–Kier alpha value is -1.88. The standard InChI is InChI=1S/C20H27NO4/c1-11-9-14-16(12(2)20(7-8-20)13(3)17(14)22)15(11)10-21(24)18(23)25-19(4,5)6/h9,13,24H,7-8,10H2,1-6H3/t13-/m1/s1. The van der Waals surface area contributed by atoms with E-state index < -0.39 is 11.7 Å². The monoisotopic (exact) mass is 345 g/mol. The second-order valence-corrected chi connectivity index (χ2v) is 8.50. The van der Waals surface area contributed by atoms with Gasteiger partial charge in [-0.25, -0.2) is 4.79 Å². The molecule has 1 N–H and O–H groups in total. The van der Waals surface area contributed by atoms with Crippen molar-refractivity contribution >= 4 is 11.9 Å². The molecule has 0 aliphatic heterocycles. The Labute approximate surface area is 149 Å². The Morgan fingerprint density at radius 3 is 2.48 bits per heavy atom. The van der Waals surface area contributed by atoms with E-state index in [9.17, 15) is 14.8 Å². The van der Waals surface area contributed by atoms with Crippen LogP contribution >= 0.6 is 0 Å². The maximum atomic E-state index is 12.8. The molecule has 3 rings (SSSR count). The average molecular weight is 345 g/mol. The predicted molar refractivity (Wildman–Crippen MR) is 94.0 cm³/mol. The van der Waals surface area contributed by atoms with E-state index in [1.54, 1.807) is 20.8 Å². The van der Waals surface area contributed by atoms with Crippen molar-refractivity contribution < 1.29 is 19.5 Å². The molecule has 136 valence electrons. The third-order valence-corrected chi connectivity index (χ3v) is 5.72. The molecule has 1 atom stereocenters. The molecule has 0 unspecified atom stereocenters. The lowest BCUT2D eigenvalue weighted by molar-refractivity contribution is -0.120. The number of carbonyl (C=O) groups excluding carboxylic acids is 2. The highest BCUT2D eigenvalue weighted by Gasteiger charge is 2.56. The molecule has 3 aliphatic rings. The third kappa shape index (κ3) is 2.84. The summed E-state index contributed by atoms with van der Waals surface area (Å²) in [6, 6.07) is 0. The van der Waals surface area contributed by atoms with Gasteiger partial charge in [-0.15, -0.1) is 0 Å². The van der Waals surface area contributed by atoms with Crippen LogP contribution in [0.5, 0.6) is 0 Å². The van der Waals surface area contributed by atoms with E-state index in [4.69, 9.17) is 4.74 Å². The van der Waals surface area contributed by atoms with Gasteiger partial charge in [0.1, 0.15) is 5.60 Å². The molecular formula is C20H27NO4. The number of Topliss-reactive ketones (excluding diaryl/α,β-unsaturated/α-hetero) is 1. The zero-order valence-corrected chi connectivity index (χ0v) is 15.9. The zero-order valence-electron chi connectivity index (χ0n) is 15.9. The number of ether oxygens (including phenoxy) is 1. The first-order valence-electron chi connectivity index (χ1n) is 8.85. The van der Waals surface area contributed by atoms with E-state index in [0.29, 0.717) is 5.06 Å². The summed E-state index contributed by atoms with van der Waals surface area (Å²) in [5.41, 5.74) is 3.94. The van der Waals surface area contributed by atoms with E-state index >= 15 is 0 Å². The smallest absolute Gasteiger partial charge is 0.434 e. The summed E-state index contributed by atoms with van der Waals surface area (Å²) in [4.78, 5) is 24.9. The van der Waals surface area contributed by atoms with Crippen LogP contribution in [-0.4, -0.2) is 34.3 Å². The number of rotatable bonds is 2. The quantitative estimate of drug-likeness (QED) is 0.602. The van der Waals surface area contributed by atoms with E-state index in [0.717, 1.165) is 35.1 Å². The Morgan fingerprint density at radius 1 is 1.36 bits per heavy atom. The van der Waals surface area contributed by atoms with Gasteiger partial charge in [-0.3, -0.25) is 10.0 Å². The van der Waals surface area contributed by atoms with Gasteiger partial charge in [0.05, 0.1) is 6.54 Å². The molecule has 5 nitrogen and oxygen atoms in total. The van der Waals surface area contributed by atoms with Crippen LogP contribution in [0.3, 0.4) is 0 Å². The van der Waals surface area contributed by atoms with Gasteiger partial charge in [-0.1, -0.05) is 12.5 Å². The van der Waals surface area contributed by atoms with Gasteiger partial charge < -0.3 is 4.74 Å². The first-order chi connectivity index (χ1) is 11.5. The number of hydrogen-bond acceptors (Lipinski definition) is 4. The van der Waals surface area contributed by atoms with Crippen molar-refractivity contribution in [1.29, 1.82) is 0 Å². The molecule has 0 heterocycles. The molecule has 0 saturated heterocycles. The van der Waals surface area contributed by atoms with Crippen molar-refractivity contribution in [3.8, 4) is 0 Å². The molecule has 0 aromatic heterocycles. The van der Waals surface area contributed by atoms with Crippen molar-refractivity contribution in [1.82, 2.24) is 5.06 Å². The highest BCUT2D eigenvalue weighted by Crippen LogP contribution is 2.63. The number of carbonyl (C=O) groups is 2. The summed E-state index contributed by atoms with van der Waals surface area (Å²) < 4.78 is 5.21. The SMILES string of the molecule is CC1=C(CN(O)C(=O)OC(C)(C)C)C2=C(C)C3(CC3)[C@H](C)C(=O)C2=C1. The van der Waals surface area contributed by atoms with Crippen LogP contribution in [0.25, 0.3) is 0 Å². The van der Waals surface area contributed by atoms with Crippen molar-refractivity contribution in [2.75, 3.05) is 6.54 Å². The molecule has 25 heavy (non-hydrogen) atoms. The topological polar surface area (TPSA) is 66.8 Å². The van der Waals surface area contributed by atoms with Crippen LogP contribution in [0.4, 0.5) is 4.79 Å². The van der Waals surface area contributed by atoms with Crippen LogP contribution in [0.15, 0.2) is 33.9 Å². The van der Waals surface area contributed by atoms with Crippen molar-refractivity contribution in [2.45, 2.75) is 60.0 Å². The van der Waals surface area contributed by atoms with Crippen LogP contribution < -0.4 is 0 Å². The van der Waals surface area contributed by atoms with E-state index in [-0.39, 0.29) is 23.7 Å². The Balaban J connectivity index is 1.89. The molecule has 1 fully saturated rings. The highest BCUT2D eigenvalue weighted by atomic mass is 16.6. The van der Waals surface area contributed by atoms with Crippen molar-refractivity contribution in [2.24, 2.45) is 11.3 Å². The number of amides is 1. The Morgan fingerprint density at radius 2 is 1.96 bits per heavy atom. The largest absolute Gasteiger partial charge is 0.442 e. The summed E-state index contributed by atoms with van der Waals surface area (Å²) in [5.74, 6) is 0.181. The predicted octanol–water partition coefficient (Wildman–Crippen LogP) is 4.18. The summed E-state index contributed by atoms with van der Waals surface area (Å²) in [5, 5.41) is 10.8. The van der Waals surface area contributed by atoms with Gasteiger partial charge in [0.15, 0.2) is 5.78 Å². The first-order valence-corrected chi connectivity index (χ1v) is 8.85. The van der Waals surface area contributed by atoms with Gasteiger partial charge in [0, 0.05) is 16.9 Å². The van der Waals surface area contributed by atoms with E-state index in [2.05, 4.69) is 6.92 Å². The van der Waals surface area contributed by atoms with Crippen molar-refractivity contribution in [3.63, 3.8) is 0 Å². The molecule has 5 heteroatoms. The Bertz CT molecular complexity index is 744. The molecule has 0 bridgehead atoms. The fraction of sp³-hybridized carbons (Fsp3) is 0.600. The van der Waals surface area contributed by atoms with Crippen LogP contribution in [0, 0.1) is 11.3 Å². The minimum atomic E-state index is -0.781. The third-order valence-electron chi connectivity index (χ3n) is 5.72. The zero-order chi connectivity index (χ0) is 18.7. The lowest BCUT2D eigenvalue weighted by atomic mass is 9.70. The van der Waals surface area contributed by atoms with Gasteiger partial charge in [-0.2, -0.15) is 5.06 Å². The van der Waals surface area contributed by atoms with Crippen LogP contribution in [0.2, 0.25) is 0 Å². The fourth-order valence-corrected chi connectivity index (χ4v) is 4.09. The minimum Gasteiger partial charge on any atom is -0.442 e. The highest BCUT2D eigenvalue weighted by molar-refractivity contribution is 6.07. The lowest BCUT2D eigenvalue weighted by Gasteiger charge is -2.33. The molecule has 1 saturated carbocycles. The number of hydroxylamine groups is 2. The molecule has 3 aliphatic carbocycles. The average Bonchev–Trinajstić information content (AvgIpc) is 3.23. The van der Waals surface area contributed by atoms with Crippen LogP contribution in [0.1, 0.15) is 54.4 Å². The molecular weight excluding hydrogens is 318 g/mol. The molecule has 1 spiro atoms. The van der Waals surface area contributed by atoms with E-state index in [1.165, 1.54) is 5.57 Å². The second kappa shape index (κ2) is 5.56. The van der Waals surface area contributed by atoms with Crippen LogP contribution in [-0.2, 0) is 9.53 Å². The maximum absolute atomic E-state index is 12.8. The number of hydrogen-bond donors (Lipinski definition) is 1. The van der Waals surface area contributed by atoms with Crippen molar-refractivity contribution in [3.05, 3.63) is 33.9 Å². The minimum absolute atomic E-state index is 0.00531. The van der Waals surface area contributed by atoms with E-state index in [1.807, 2.05) is 19.9 Å². The molecule has 0 aromatic carbocycles. The summed E-state index contributed by atoms with van der Waals surface area (Å²) in [6.07, 6.45) is 3.18. The normalized spacial score (nSPS) is 24.5. The van der Waals surface area contributed by atoms with Gasteiger partial charge >= 0.3 is 6.09 Å². The van der Waals surface area contributed by atoms with Gasteiger partial charge in [-0.05, 0) is 70.3 Å². The molecule has 0 radical (unpaired) electrons. The number of nitrogens with zero attached hydrogens (tertiary/aromatic N) is 1. The number of fused-ring (bicyclic) bond motifs is 1. The first kappa shape index (κ1) is 17.9. The van der Waals surface area contributed by atoms with Gasteiger partial charge in [0.2, 0.25) is 0 Å². The number of allylic oxidation sites excluding steroid dienone is 4. The maximum Gasteiger partial charge on any atom is 0.434 e. The summed E-state index contributed by atoms with van der Waals surface area (Å²) in [7, 11) is 0. The molecule has 0 aromatic rings. The Kier molecular flexibility index (Phi) is 3.99. The number of ketones is 1. The van der Waals surface area contributed by atoms with Gasteiger partial charge in [0.25, 0.3) is 0 Å². The summed E-state index contributed by atoms with van der Waals surface area (Å²) in [6.45, 7) is 11.3. The summed E-state index contributed by atoms with van der Waals surface area (Å²) >= 11 is 0. The second-order valence-electron chi connectivity index (χ2n) is 8.50. The molecule has 1 amide bonds. The fourth-order valence-electron chi connectivity index (χ4n) is 4.09.